The van der Waals surface area contributed by atoms with E-state index in [1.165, 1.54) is 6.92 Å². The van der Waals surface area contributed by atoms with Gasteiger partial charge in [-0.3, -0.25) is 14.9 Å². The number of amides is 1. The minimum Gasteiger partial charge on any atom is -0.321 e. The number of nitro groups is 1. The third kappa shape index (κ3) is 2.25. The molecule has 14 heavy (non-hydrogen) atoms. The van der Waals surface area contributed by atoms with Crippen LogP contribution in [0.15, 0.2) is 18.2 Å². The van der Waals surface area contributed by atoms with Crippen molar-refractivity contribution in [2.45, 2.75) is 6.92 Å². The maximum Gasteiger partial charge on any atom is 0.295 e. The van der Waals surface area contributed by atoms with Gasteiger partial charge in [-0.2, -0.15) is 0 Å². The number of halogens is 1. The molecule has 6 heteroatoms. The maximum atomic E-state index is 12.6. The van der Waals surface area contributed by atoms with E-state index < -0.39 is 22.3 Å². The molecule has 1 aromatic carbocycles. The molecule has 0 saturated heterocycles. The Bertz CT molecular complexity index is 392. The van der Waals surface area contributed by atoms with E-state index in [9.17, 15) is 19.3 Å². The molecule has 0 aliphatic rings. The topological polar surface area (TPSA) is 72.2 Å². The SMILES string of the molecule is CC(=O)Nc1ccc(F)cc1[N+](=O)[O-]. The van der Waals surface area contributed by atoms with Crippen LogP contribution in [-0.2, 0) is 4.79 Å². The van der Waals surface area contributed by atoms with Gasteiger partial charge in [-0.1, -0.05) is 0 Å². The van der Waals surface area contributed by atoms with E-state index in [-0.39, 0.29) is 5.69 Å². The molecule has 0 heterocycles. The quantitative estimate of drug-likeness (QED) is 0.580. The average molecular weight is 198 g/mol. The standard InChI is InChI=1S/C8H7FN2O3/c1-5(12)10-7-3-2-6(9)4-8(7)11(13)14/h2-4H,1H3,(H,10,12). The Morgan fingerprint density at radius 2 is 2.21 bits per heavy atom. The number of hydrogen-bond acceptors (Lipinski definition) is 3. The lowest BCUT2D eigenvalue weighted by molar-refractivity contribution is -0.384. The molecule has 1 aromatic rings. The Balaban J connectivity index is 3.14. The summed E-state index contributed by atoms with van der Waals surface area (Å²) in [6.07, 6.45) is 0. The molecule has 1 rings (SSSR count). The van der Waals surface area contributed by atoms with Crippen molar-refractivity contribution in [1.29, 1.82) is 0 Å². The van der Waals surface area contributed by atoms with Crippen molar-refractivity contribution in [3.05, 3.63) is 34.1 Å². The Morgan fingerprint density at radius 1 is 1.57 bits per heavy atom. The van der Waals surface area contributed by atoms with Crippen LogP contribution >= 0.6 is 0 Å². The summed E-state index contributed by atoms with van der Waals surface area (Å²) in [6.45, 7) is 1.22. The summed E-state index contributed by atoms with van der Waals surface area (Å²) in [4.78, 5) is 20.3. The Hall–Kier alpha value is -1.98. The molecule has 0 unspecified atom stereocenters. The minimum absolute atomic E-state index is 0.0103. The number of benzene rings is 1. The van der Waals surface area contributed by atoms with Crippen LogP contribution < -0.4 is 5.32 Å². The van der Waals surface area contributed by atoms with E-state index in [1.54, 1.807) is 0 Å². The average Bonchev–Trinajstić information content (AvgIpc) is 2.07. The predicted molar refractivity (Wildman–Crippen MR) is 47.4 cm³/mol. The van der Waals surface area contributed by atoms with Crippen molar-refractivity contribution >= 4 is 17.3 Å². The summed E-state index contributed by atoms with van der Waals surface area (Å²) >= 11 is 0. The molecule has 1 amide bonds. The molecule has 0 atom stereocenters. The first-order valence-electron chi connectivity index (χ1n) is 3.72. The number of nitrogens with zero attached hydrogens (tertiary/aromatic N) is 1. The fourth-order valence-corrected chi connectivity index (χ4v) is 0.951. The van der Waals surface area contributed by atoms with Crippen LogP contribution in [0.3, 0.4) is 0 Å². The molecule has 0 fully saturated rings. The lowest BCUT2D eigenvalue weighted by Gasteiger charge is -2.02. The molecule has 0 radical (unpaired) electrons. The molecule has 0 bridgehead atoms. The van der Waals surface area contributed by atoms with Crippen molar-refractivity contribution in [3.8, 4) is 0 Å². The summed E-state index contributed by atoms with van der Waals surface area (Å²) in [5.41, 5.74) is -0.468. The molecule has 74 valence electrons. The summed E-state index contributed by atoms with van der Waals surface area (Å²) in [6, 6.07) is 2.94. The van der Waals surface area contributed by atoms with Crippen LogP contribution in [0.5, 0.6) is 0 Å². The number of carbonyl (C=O) groups excluding carboxylic acids is 1. The monoisotopic (exact) mass is 198 g/mol. The van der Waals surface area contributed by atoms with Gasteiger partial charge in [0, 0.05) is 6.92 Å². The van der Waals surface area contributed by atoms with Crippen LogP contribution in [0.2, 0.25) is 0 Å². The van der Waals surface area contributed by atoms with Gasteiger partial charge < -0.3 is 5.32 Å². The number of nitro benzene ring substituents is 1. The van der Waals surface area contributed by atoms with E-state index >= 15 is 0 Å². The fourth-order valence-electron chi connectivity index (χ4n) is 0.951. The highest BCUT2D eigenvalue weighted by Crippen LogP contribution is 2.24. The van der Waals surface area contributed by atoms with E-state index in [0.29, 0.717) is 0 Å². The van der Waals surface area contributed by atoms with Gasteiger partial charge in [-0.15, -0.1) is 0 Å². The third-order valence-corrected chi connectivity index (χ3v) is 1.47. The van der Waals surface area contributed by atoms with Gasteiger partial charge in [0.05, 0.1) is 11.0 Å². The van der Waals surface area contributed by atoms with E-state index in [2.05, 4.69) is 5.32 Å². The zero-order valence-corrected chi connectivity index (χ0v) is 7.28. The smallest absolute Gasteiger partial charge is 0.295 e. The lowest BCUT2D eigenvalue weighted by atomic mass is 10.2. The van der Waals surface area contributed by atoms with Gasteiger partial charge in [0.2, 0.25) is 5.91 Å². The molecule has 5 nitrogen and oxygen atoms in total. The van der Waals surface area contributed by atoms with Gasteiger partial charge in [0.1, 0.15) is 11.5 Å². The number of rotatable bonds is 2. The first-order valence-corrected chi connectivity index (χ1v) is 3.72. The van der Waals surface area contributed by atoms with Gasteiger partial charge in [-0.25, -0.2) is 4.39 Å². The van der Waals surface area contributed by atoms with E-state index in [0.717, 1.165) is 18.2 Å². The molecule has 0 aromatic heterocycles. The molecule has 0 saturated carbocycles. The van der Waals surface area contributed by atoms with Gasteiger partial charge >= 0.3 is 0 Å². The van der Waals surface area contributed by atoms with Crippen molar-refractivity contribution in [3.63, 3.8) is 0 Å². The highest BCUT2D eigenvalue weighted by molar-refractivity contribution is 5.91. The van der Waals surface area contributed by atoms with Gasteiger partial charge in [-0.05, 0) is 12.1 Å². The van der Waals surface area contributed by atoms with Crippen molar-refractivity contribution in [1.82, 2.24) is 0 Å². The van der Waals surface area contributed by atoms with Crippen LogP contribution in [0.4, 0.5) is 15.8 Å². The third-order valence-electron chi connectivity index (χ3n) is 1.47. The van der Waals surface area contributed by atoms with Crippen molar-refractivity contribution < 1.29 is 14.1 Å². The maximum absolute atomic E-state index is 12.6. The first kappa shape index (κ1) is 10.1. The summed E-state index contributed by atoms with van der Waals surface area (Å²) < 4.78 is 12.6. The van der Waals surface area contributed by atoms with Crippen LogP contribution in [0.1, 0.15) is 6.92 Å². The number of hydrogen-bond donors (Lipinski definition) is 1. The molecular formula is C8H7FN2O3. The second kappa shape index (κ2) is 3.82. The minimum atomic E-state index is -0.756. The highest BCUT2D eigenvalue weighted by Gasteiger charge is 2.15. The van der Waals surface area contributed by atoms with Crippen molar-refractivity contribution in [2.24, 2.45) is 0 Å². The molecule has 0 spiro atoms. The Kier molecular flexibility index (Phi) is 2.76. The second-order valence-electron chi connectivity index (χ2n) is 2.60. The van der Waals surface area contributed by atoms with E-state index in [4.69, 9.17) is 0 Å². The second-order valence-corrected chi connectivity index (χ2v) is 2.60. The summed E-state index contributed by atoms with van der Waals surface area (Å²) in [5.74, 6) is -1.16. The number of carbonyl (C=O) groups is 1. The summed E-state index contributed by atoms with van der Waals surface area (Å²) in [7, 11) is 0. The van der Waals surface area contributed by atoms with Crippen LogP contribution in [-0.4, -0.2) is 10.8 Å². The van der Waals surface area contributed by atoms with Gasteiger partial charge in [0.25, 0.3) is 5.69 Å². The lowest BCUT2D eigenvalue weighted by Crippen LogP contribution is -2.08. The predicted octanol–water partition coefficient (Wildman–Crippen LogP) is 1.69. The van der Waals surface area contributed by atoms with Crippen molar-refractivity contribution in [2.75, 3.05) is 5.32 Å². The Labute approximate surface area is 78.7 Å². The van der Waals surface area contributed by atoms with Crippen LogP contribution in [0.25, 0.3) is 0 Å². The largest absolute Gasteiger partial charge is 0.321 e. The zero-order chi connectivity index (χ0) is 10.7. The molecular weight excluding hydrogens is 191 g/mol. The first-order chi connectivity index (χ1) is 6.50. The molecule has 0 aliphatic heterocycles. The number of nitrogens with one attached hydrogen (secondary N) is 1. The number of anilines is 1. The van der Waals surface area contributed by atoms with E-state index in [1.807, 2.05) is 0 Å². The fraction of sp³-hybridized carbons (Fsp3) is 0.125. The van der Waals surface area contributed by atoms with Crippen LogP contribution in [0, 0.1) is 15.9 Å². The normalized spacial score (nSPS) is 9.57. The zero-order valence-electron chi connectivity index (χ0n) is 7.28. The molecule has 1 N–H and O–H groups in total. The summed E-state index contributed by atoms with van der Waals surface area (Å²) in [5, 5.41) is 12.7. The van der Waals surface area contributed by atoms with Gasteiger partial charge in [0.15, 0.2) is 0 Å². The molecule has 0 aliphatic carbocycles. The Morgan fingerprint density at radius 3 is 2.71 bits per heavy atom. The highest BCUT2D eigenvalue weighted by atomic mass is 19.1.